The Balaban J connectivity index is 2.18. The van der Waals surface area contributed by atoms with Gasteiger partial charge in [0.25, 0.3) is 0 Å². The van der Waals surface area contributed by atoms with Gasteiger partial charge in [0, 0.05) is 4.83 Å². The van der Waals surface area contributed by atoms with Crippen LogP contribution in [0.2, 0.25) is 0 Å². The number of rotatable bonds is 2. The van der Waals surface area contributed by atoms with E-state index in [0.29, 0.717) is 17.2 Å². The van der Waals surface area contributed by atoms with E-state index in [2.05, 4.69) is 43.6 Å². The molecule has 2 aliphatic rings. The summed E-state index contributed by atoms with van der Waals surface area (Å²) in [5, 5.41) is 0. The fraction of sp³-hybridized carbons (Fsp3) is 0.938. The quantitative estimate of drug-likeness (QED) is 0.558. The summed E-state index contributed by atoms with van der Waals surface area (Å²) in [4.78, 5) is 12.2. The number of carbonyl (C=O) groups is 1. The minimum atomic E-state index is -0.381. The second kappa shape index (κ2) is 5.28. The van der Waals surface area contributed by atoms with Crippen LogP contribution in [0.1, 0.15) is 59.8 Å². The summed E-state index contributed by atoms with van der Waals surface area (Å²) in [5.74, 6) is 0.349. The van der Waals surface area contributed by atoms with E-state index >= 15 is 0 Å². The van der Waals surface area contributed by atoms with E-state index in [0.717, 1.165) is 25.7 Å². The molecule has 4 heteroatoms. The highest BCUT2D eigenvalue weighted by Gasteiger charge is 2.56. The zero-order chi connectivity index (χ0) is 15.2. The van der Waals surface area contributed by atoms with Gasteiger partial charge in [0.15, 0.2) is 0 Å². The van der Waals surface area contributed by atoms with Crippen LogP contribution in [0.3, 0.4) is 0 Å². The maximum Gasteiger partial charge on any atom is 0.308 e. The second-order valence-electron chi connectivity index (χ2n) is 7.54. The minimum absolute atomic E-state index is 0.130. The summed E-state index contributed by atoms with van der Waals surface area (Å²) in [6, 6.07) is 0. The van der Waals surface area contributed by atoms with Crippen molar-refractivity contribution in [3.63, 3.8) is 0 Å². The number of hydrogen-bond donors (Lipinski definition) is 0. The van der Waals surface area contributed by atoms with E-state index in [4.69, 9.17) is 9.47 Å². The molecule has 1 heterocycles. The molecule has 1 aliphatic carbocycles. The molecule has 1 saturated carbocycles. The average Bonchev–Trinajstić information content (AvgIpc) is 2.33. The van der Waals surface area contributed by atoms with Crippen LogP contribution in [0.15, 0.2) is 0 Å². The number of ether oxygens (including phenoxy) is 2. The van der Waals surface area contributed by atoms with Crippen LogP contribution in [0.5, 0.6) is 0 Å². The van der Waals surface area contributed by atoms with Crippen molar-refractivity contribution in [1.29, 1.82) is 0 Å². The first-order valence-electron chi connectivity index (χ1n) is 7.54. The number of hydrogen-bond acceptors (Lipinski definition) is 3. The first kappa shape index (κ1) is 16.3. The molecule has 0 unspecified atom stereocenters. The molecule has 1 aliphatic heterocycles. The molecule has 116 valence electrons. The fourth-order valence-electron chi connectivity index (χ4n) is 4.33. The molecule has 3 nitrogen and oxygen atoms in total. The third-order valence-corrected chi connectivity index (χ3v) is 7.16. The molecular weight excluding hydrogens is 320 g/mol. The molecule has 0 spiro atoms. The molecule has 0 amide bonds. The Morgan fingerprint density at radius 2 is 1.90 bits per heavy atom. The molecule has 0 bridgehead atoms. The van der Waals surface area contributed by atoms with Crippen molar-refractivity contribution in [2.24, 2.45) is 11.3 Å². The van der Waals surface area contributed by atoms with Gasteiger partial charge < -0.3 is 9.47 Å². The number of fused-ring (bicyclic) bond motifs is 1. The standard InChI is InChI=1S/C16H27BrO3/c1-14(2)11-6-8-15(3,10-13(18)19-5)20-16(11,4)9-7-12(14)17/h11-12H,6-10H2,1-5H3/t11-,12-,15+,16-/m0/s1. The van der Waals surface area contributed by atoms with Crippen molar-refractivity contribution in [3.05, 3.63) is 0 Å². The predicted molar refractivity (Wildman–Crippen MR) is 83.0 cm³/mol. The van der Waals surface area contributed by atoms with E-state index < -0.39 is 0 Å². The van der Waals surface area contributed by atoms with Gasteiger partial charge in [-0.05, 0) is 50.9 Å². The lowest BCUT2D eigenvalue weighted by atomic mass is 9.58. The molecule has 2 rings (SSSR count). The molecule has 0 radical (unpaired) electrons. The van der Waals surface area contributed by atoms with E-state index in [1.807, 2.05) is 0 Å². The molecular formula is C16H27BrO3. The van der Waals surface area contributed by atoms with Crippen LogP contribution in [0, 0.1) is 11.3 Å². The van der Waals surface area contributed by atoms with Gasteiger partial charge in [-0.3, -0.25) is 4.79 Å². The van der Waals surface area contributed by atoms with E-state index in [-0.39, 0.29) is 22.6 Å². The van der Waals surface area contributed by atoms with Crippen molar-refractivity contribution >= 4 is 21.9 Å². The largest absolute Gasteiger partial charge is 0.469 e. The SMILES string of the molecule is COC(=O)C[C@@]1(C)CC[C@H]2C(C)(C)[C@@H](Br)CC[C@]2(C)O1. The van der Waals surface area contributed by atoms with Crippen LogP contribution in [-0.4, -0.2) is 29.1 Å². The van der Waals surface area contributed by atoms with Gasteiger partial charge in [-0.2, -0.15) is 0 Å². The minimum Gasteiger partial charge on any atom is -0.469 e. The first-order valence-corrected chi connectivity index (χ1v) is 8.46. The Morgan fingerprint density at radius 1 is 1.25 bits per heavy atom. The molecule has 0 aromatic heterocycles. The number of carbonyl (C=O) groups excluding carboxylic acids is 1. The third kappa shape index (κ3) is 2.78. The van der Waals surface area contributed by atoms with Crippen LogP contribution in [0.4, 0.5) is 0 Å². The molecule has 0 aromatic rings. The van der Waals surface area contributed by atoms with Gasteiger partial charge in [-0.25, -0.2) is 0 Å². The Bertz CT molecular complexity index is 395. The lowest BCUT2D eigenvalue weighted by molar-refractivity contribution is -0.239. The van der Waals surface area contributed by atoms with Gasteiger partial charge in [-0.1, -0.05) is 29.8 Å². The van der Waals surface area contributed by atoms with Gasteiger partial charge in [0.05, 0.1) is 24.7 Å². The van der Waals surface area contributed by atoms with Gasteiger partial charge in [0.2, 0.25) is 0 Å². The smallest absolute Gasteiger partial charge is 0.308 e. The molecule has 0 aromatic carbocycles. The second-order valence-corrected chi connectivity index (χ2v) is 8.64. The summed E-state index contributed by atoms with van der Waals surface area (Å²) >= 11 is 3.85. The Hall–Kier alpha value is -0.0900. The predicted octanol–water partition coefficient (Wildman–Crippen LogP) is 4.08. The van der Waals surface area contributed by atoms with Crippen molar-refractivity contribution in [2.45, 2.75) is 75.8 Å². The number of esters is 1. The number of halogens is 1. The lowest BCUT2D eigenvalue weighted by Gasteiger charge is -2.59. The van der Waals surface area contributed by atoms with Crippen molar-refractivity contribution in [2.75, 3.05) is 7.11 Å². The zero-order valence-electron chi connectivity index (χ0n) is 13.3. The topological polar surface area (TPSA) is 35.5 Å². The zero-order valence-corrected chi connectivity index (χ0v) is 14.9. The monoisotopic (exact) mass is 346 g/mol. The van der Waals surface area contributed by atoms with Crippen LogP contribution in [0.25, 0.3) is 0 Å². The van der Waals surface area contributed by atoms with E-state index in [9.17, 15) is 4.79 Å². The molecule has 4 atom stereocenters. The highest BCUT2D eigenvalue weighted by atomic mass is 79.9. The number of alkyl halides is 1. The lowest BCUT2D eigenvalue weighted by Crippen LogP contribution is -2.60. The average molecular weight is 347 g/mol. The molecule has 1 saturated heterocycles. The van der Waals surface area contributed by atoms with Crippen LogP contribution in [-0.2, 0) is 14.3 Å². The summed E-state index contributed by atoms with van der Waals surface area (Å²) < 4.78 is 11.3. The molecule has 2 fully saturated rings. The maximum absolute atomic E-state index is 11.6. The molecule has 0 N–H and O–H groups in total. The summed E-state index contributed by atoms with van der Waals surface area (Å²) in [6.45, 7) is 8.95. The fourth-order valence-corrected chi connectivity index (χ4v) is 4.88. The summed E-state index contributed by atoms with van der Waals surface area (Å²) in [5.41, 5.74) is -0.290. The van der Waals surface area contributed by atoms with E-state index in [1.54, 1.807) is 0 Å². The highest BCUT2D eigenvalue weighted by Crippen LogP contribution is 2.57. The number of methoxy groups -OCH3 is 1. The maximum atomic E-state index is 11.6. The Morgan fingerprint density at radius 3 is 2.50 bits per heavy atom. The first-order chi connectivity index (χ1) is 9.13. The molecule has 20 heavy (non-hydrogen) atoms. The Labute approximate surface area is 130 Å². The normalized spacial score (nSPS) is 43.7. The van der Waals surface area contributed by atoms with Crippen LogP contribution < -0.4 is 0 Å². The summed E-state index contributed by atoms with van der Waals surface area (Å²) in [6.07, 6.45) is 4.55. The summed E-state index contributed by atoms with van der Waals surface area (Å²) in [7, 11) is 1.44. The third-order valence-electron chi connectivity index (χ3n) is 5.52. The van der Waals surface area contributed by atoms with Crippen molar-refractivity contribution in [3.8, 4) is 0 Å². The highest BCUT2D eigenvalue weighted by molar-refractivity contribution is 9.09. The van der Waals surface area contributed by atoms with Crippen molar-refractivity contribution < 1.29 is 14.3 Å². The Kier molecular flexibility index (Phi) is 4.29. The van der Waals surface area contributed by atoms with Gasteiger partial charge in [0.1, 0.15) is 0 Å². The van der Waals surface area contributed by atoms with Crippen LogP contribution >= 0.6 is 15.9 Å². The van der Waals surface area contributed by atoms with Crippen molar-refractivity contribution in [1.82, 2.24) is 0 Å². The van der Waals surface area contributed by atoms with E-state index in [1.165, 1.54) is 7.11 Å². The van der Waals surface area contributed by atoms with Gasteiger partial charge >= 0.3 is 5.97 Å². The van der Waals surface area contributed by atoms with Gasteiger partial charge in [-0.15, -0.1) is 0 Å².